The number of nitrogens with zero attached hydrogens (tertiary/aromatic N) is 4. The van der Waals surface area contributed by atoms with Crippen LogP contribution in [0.5, 0.6) is 0 Å². The van der Waals surface area contributed by atoms with Gasteiger partial charge in [0.15, 0.2) is 0 Å². The van der Waals surface area contributed by atoms with Crippen molar-refractivity contribution in [1.29, 1.82) is 0 Å². The monoisotopic (exact) mass is 462 g/mol. The molecule has 0 fully saturated rings. The van der Waals surface area contributed by atoms with Crippen LogP contribution in [0.1, 0.15) is 12.5 Å². The van der Waals surface area contributed by atoms with Crippen molar-refractivity contribution in [3.63, 3.8) is 0 Å². The first kappa shape index (κ1) is 20.8. The lowest BCUT2D eigenvalue weighted by Crippen LogP contribution is -2.40. The van der Waals surface area contributed by atoms with Gasteiger partial charge in [0, 0.05) is 16.9 Å². The van der Waals surface area contributed by atoms with Crippen LogP contribution in [-0.4, -0.2) is 26.6 Å². The molecule has 1 aliphatic rings. The molecule has 0 spiro atoms. The Hall–Kier alpha value is -3.74. The van der Waals surface area contributed by atoms with Crippen LogP contribution in [0.15, 0.2) is 108 Å². The Morgan fingerprint density at radius 2 is 1.65 bits per heavy atom. The van der Waals surface area contributed by atoms with Crippen molar-refractivity contribution in [1.82, 2.24) is 15.0 Å². The van der Waals surface area contributed by atoms with Gasteiger partial charge in [-0.1, -0.05) is 95.8 Å². The molecule has 34 heavy (non-hydrogen) atoms. The second-order valence-electron chi connectivity index (χ2n) is 8.01. The van der Waals surface area contributed by atoms with E-state index < -0.39 is 5.72 Å². The number of hydrogen-bond acceptors (Lipinski definition) is 5. The molecule has 166 valence electrons. The molecule has 5 nitrogen and oxygen atoms in total. The maximum Gasteiger partial charge on any atom is 0.233 e. The SMILES string of the molecule is CCOC1(n2nnc3ccccc32)C=C(c2ccccc2)SC1=Nc1cccc2ccccc12. The topological polar surface area (TPSA) is 52.3 Å². The average molecular weight is 463 g/mol. The van der Waals surface area contributed by atoms with Gasteiger partial charge in [-0.25, -0.2) is 9.67 Å². The fourth-order valence-corrected chi connectivity index (χ4v) is 5.54. The van der Waals surface area contributed by atoms with Gasteiger partial charge in [-0.05, 0) is 42.1 Å². The molecule has 1 aliphatic heterocycles. The highest BCUT2D eigenvalue weighted by Gasteiger charge is 2.45. The molecule has 0 radical (unpaired) electrons. The van der Waals surface area contributed by atoms with E-state index in [1.54, 1.807) is 11.8 Å². The summed E-state index contributed by atoms with van der Waals surface area (Å²) >= 11 is 1.62. The third kappa shape index (κ3) is 3.43. The van der Waals surface area contributed by atoms with Gasteiger partial charge >= 0.3 is 0 Å². The zero-order valence-corrected chi connectivity index (χ0v) is 19.4. The zero-order chi connectivity index (χ0) is 23.0. The van der Waals surface area contributed by atoms with Gasteiger partial charge in [0.05, 0.1) is 11.2 Å². The number of ether oxygens (including phenoxy) is 1. The minimum Gasteiger partial charge on any atom is -0.345 e. The van der Waals surface area contributed by atoms with E-state index in [-0.39, 0.29) is 0 Å². The quantitative estimate of drug-likeness (QED) is 0.288. The fraction of sp³-hybridized carbons (Fsp3) is 0.107. The highest BCUT2D eigenvalue weighted by Crippen LogP contribution is 2.47. The standard InChI is InChI=1S/C28H22N4OS/c1-2-33-28(32-25-18-9-8-16-24(25)30-31-32)19-26(21-12-4-3-5-13-21)34-27(28)29-23-17-10-14-20-11-6-7-15-22(20)23/h3-19H,2H2,1H3. The number of benzene rings is 4. The largest absolute Gasteiger partial charge is 0.345 e. The first-order valence-electron chi connectivity index (χ1n) is 11.3. The molecule has 1 unspecified atom stereocenters. The van der Waals surface area contributed by atoms with Crippen molar-refractivity contribution in [3.8, 4) is 0 Å². The minimum absolute atomic E-state index is 0.488. The van der Waals surface area contributed by atoms with E-state index >= 15 is 0 Å². The van der Waals surface area contributed by atoms with Crippen LogP contribution in [0.3, 0.4) is 0 Å². The Morgan fingerprint density at radius 1 is 0.882 bits per heavy atom. The molecule has 0 saturated carbocycles. The summed E-state index contributed by atoms with van der Waals surface area (Å²) in [6.45, 7) is 2.48. The number of hydrogen-bond donors (Lipinski definition) is 0. The maximum atomic E-state index is 6.52. The molecule has 0 bridgehead atoms. The normalized spacial score (nSPS) is 19.2. The number of rotatable bonds is 5. The van der Waals surface area contributed by atoms with E-state index in [0.29, 0.717) is 6.61 Å². The van der Waals surface area contributed by atoms with Gasteiger partial charge in [0.25, 0.3) is 0 Å². The summed E-state index contributed by atoms with van der Waals surface area (Å²) in [4.78, 5) is 6.29. The predicted octanol–water partition coefficient (Wildman–Crippen LogP) is 6.79. The lowest BCUT2D eigenvalue weighted by atomic mass is 10.1. The molecule has 4 aromatic carbocycles. The summed E-state index contributed by atoms with van der Waals surface area (Å²) in [7, 11) is 0. The van der Waals surface area contributed by atoms with E-state index in [0.717, 1.165) is 43.0 Å². The van der Waals surface area contributed by atoms with Crippen LogP contribution in [0.4, 0.5) is 5.69 Å². The van der Waals surface area contributed by atoms with E-state index in [1.165, 1.54) is 0 Å². The summed E-state index contributed by atoms with van der Waals surface area (Å²) in [5.41, 5.74) is 2.73. The van der Waals surface area contributed by atoms with Crippen LogP contribution in [0, 0.1) is 0 Å². The first-order valence-corrected chi connectivity index (χ1v) is 12.1. The van der Waals surface area contributed by atoms with Gasteiger partial charge in [0.2, 0.25) is 5.72 Å². The third-order valence-electron chi connectivity index (χ3n) is 5.92. The average Bonchev–Trinajstić information content (AvgIpc) is 3.48. The van der Waals surface area contributed by atoms with Crippen molar-refractivity contribution in [2.45, 2.75) is 12.6 Å². The molecule has 5 aromatic rings. The molecule has 1 aromatic heterocycles. The lowest BCUT2D eigenvalue weighted by molar-refractivity contribution is -0.00802. The lowest BCUT2D eigenvalue weighted by Gasteiger charge is -2.28. The Kier molecular flexibility index (Phi) is 5.24. The van der Waals surface area contributed by atoms with Crippen molar-refractivity contribution >= 4 is 49.2 Å². The molecule has 0 N–H and O–H groups in total. The van der Waals surface area contributed by atoms with E-state index in [9.17, 15) is 0 Å². The van der Waals surface area contributed by atoms with Crippen LogP contribution in [0.25, 0.3) is 26.7 Å². The van der Waals surface area contributed by atoms with Gasteiger partial charge in [-0.2, -0.15) is 0 Å². The number of aromatic nitrogens is 3. The molecule has 0 saturated heterocycles. The highest BCUT2D eigenvalue weighted by molar-refractivity contribution is 8.22. The summed E-state index contributed by atoms with van der Waals surface area (Å²) in [5.74, 6) is 0. The molecule has 6 rings (SSSR count). The number of thioether (sulfide) groups is 1. The second-order valence-corrected chi connectivity index (χ2v) is 9.04. The molecule has 0 amide bonds. The van der Waals surface area contributed by atoms with Crippen LogP contribution in [0.2, 0.25) is 0 Å². The fourth-order valence-electron chi connectivity index (χ4n) is 4.36. The van der Waals surface area contributed by atoms with Crippen molar-refractivity contribution in [2.75, 3.05) is 6.61 Å². The summed E-state index contributed by atoms with van der Waals surface area (Å²) in [6, 6.07) is 32.8. The third-order valence-corrected chi connectivity index (χ3v) is 7.07. The molecule has 2 heterocycles. The summed E-state index contributed by atoms with van der Waals surface area (Å²) in [5, 5.41) is 12.0. The molecule has 6 heteroatoms. The van der Waals surface area contributed by atoms with E-state index in [4.69, 9.17) is 9.73 Å². The van der Waals surface area contributed by atoms with Gasteiger partial charge < -0.3 is 4.74 Å². The van der Waals surface area contributed by atoms with Gasteiger partial charge in [-0.15, -0.1) is 5.10 Å². The maximum absolute atomic E-state index is 6.52. The van der Waals surface area contributed by atoms with Crippen molar-refractivity contribution in [2.24, 2.45) is 4.99 Å². The smallest absolute Gasteiger partial charge is 0.233 e. The Balaban J connectivity index is 1.61. The van der Waals surface area contributed by atoms with Crippen molar-refractivity contribution < 1.29 is 4.74 Å². The number of para-hydroxylation sites is 1. The Morgan fingerprint density at radius 3 is 2.53 bits per heavy atom. The second kappa shape index (κ2) is 8.56. The van der Waals surface area contributed by atoms with Crippen LogP contribution < -0.4 is 0 Å². The van der Waals surface area contributed by atoms with Gasteiger partial charge in [-0.3, -0.25) is 0 Å². The molecule has 1 atom stereocenters. The summed E-state index contributed by atoms with van der Waals surface area (Å²) in [6.07, 6.45) is 2.13. The van der Waals surface area contributed by atoms with Crippen LogP contribution in [-0.2, 0) is 10.5 Å². The number of aliphatic imine (C=N–C) groups is 1. The Labute approximate surface area is 201 Å². The zero-order valence-electron chi connectivity index (χ0n) is 18.6. The molecule has 0 aliphatic carbocycles. The van der Waals surface area contributed by atoms with Crippen LogP contribution >= 0.6 is 11.8 Å². The first-order chi connectivity index (χ1) is 16.8. The highest BCUT2D eigenvalue weighted by atomic mass is 32.2. The molecular weight excluding hydrogens is 440 g/mol. The summed E-state index contributed by atoms with van der Waals surface area (Å²) < 4.78 is 8.38. The number of fused-ring (bicyclic) bond motifs is 2. The van der Waals surface area contributed by atoms with E-state index in [2.05, 4.69) is 46.7 Å². The minimum atomic E-state index is -1.00. The predicted molar refractivity (Wildman–Crippen MR) is 140 cm³/mol. The molecular formula is C28H22N4OS. The van der Waals surface area contributed by atoms with Gasteiger partial charge in [0.1, 0.15) is 10.6 Å². The van der Waals surface area contributed by atoms with E-state index in [1.807, 2.05) is 78.3 Å². The Bertz CT molecular complexity index is 1550. The van der Waals surface area contributed by atoms with Crippen molar-refractivity contribution in [3.05, 3.63) is 109 Å².